The van der Waals surface area contributed by atoms with Gasteiger partial charge in [0.15, 0.2) is 6.10 Å². The zero-order valence-corrected chi connectivity index (χ0v) is 17.8. The van der Waals surface area contributed by atoms with E-state index < -0.39 is 35.8 Å². The highest BCUT2D eigenvalue weighted by molar-refractivity contribution is 6.22. The van der Waals surface area contributed by atoms with Gasteiger partial charge in [0.05, 0.1) is 11.1 Å². The molecular formula is C24H26N2O5. The van der Waals surface area contributed by atoms with Crippen LogP contribution in [0.1, 0.15) is 47.1 Å². The van der Waals surface area contributed by atoms with E-state index in [1.165, 1.54) is 6.92 Å². The molecule has 0 saturated heterocycles. The molecule has 0 bridgehead atoms. The molecule has 0 saturated carbocycles. The fourth-order valence-electron chi connectivity index (χ4n) is 3.55. The van der Waals surface area contributed by atoms with Crippen LogP contribution in [0, 0.1) is 5.92 Å². The summed E-state index contributed by atoms with van der Waals surface area (Å²) in [4.78, 5) is 51.7. The monoisotopic (exact) mass is 422 g/mol. The van der Waals surface area contributed by atoms with Crippen molar-refractivity contribution in [2.24, 2.45) is 5.92 Å². The molecular weight excluding hydrogens is 396 g/mol. The summed E-state index contributed by atoms with van der Waals surface area (Å²) >= 11 is 0. The molecule has 1 aliphatic rings. The number of carbonyl (C=O) groups is 4. The van der Waals surface area contributed by atoms with E-state index >= 15 is 0 Å². The Morgan fingerprint density at radius 2 is 1.45 bits per heavy atom. The van der Waals surface area contributed by atoms with Crippen molar-refractivity contribution in [3.8, 4) is 0 Å². The first-order valence-electron chi connectivity index (χ1n) is 10.3. The number of hydrogen-bond donors (Lipinski definition) is 1. The number of fused-ring (bicyclic) bond motifs is 1. The molecule has 1 aliphatic heterocycles. The van der Waals surface area contributed by atoms with Gasteiger partial charge in [0.1, 0.15) is 6.04 Å². The smallest absolute Gasteiger partial charge is 0.330 e. The molecule has 1 N–H and O–H groups in total. The molecule has 2 aromatic carbocycles. The van der Waals surface area contributed by atoms with Gasteiger partial charge in [-0.2, -0.15) is 0 Å². The summed E-state index contributed by atoms with van der Waals surface area (Å²) in [7, 11) is 0. The standard InChI is InChI=1S/C24H26N2O5/c1-15(2)20(26-22(28)18-11-7-8-12-19(18)23(26)29)24(30)31-16(3)21(27)25-14-13-17-9-5-4-6-10-17/h4-12,15-16,20H,13-14H2,1-3H3,(H,25,27)/t16-,20+/m1/s1. The summed E-state index contributed by atoms with van der Waals surface area (Å²) in [5, 5.41) is 2.74. The van der Waals surface area contributed by atoms with E-state index in [9.17, 15) is 19.2 Å². The molecule has 162 valence electrons. The molecule has 2 atom stereocenters. The van der Waals surface area contributed by atoms with Crippen molar-refractivity contribution in [2.45, 2.75) is 39.3 Å². The maximum absolute atomic E-state index is 12.9. The molecule has 0 unspecified atom stereocenters. The Labute approximate surface area is 181 Å². The van der Waals surface area contributed by atoms with Crippen molar-refractivity contribution in [3.63, 3.8) is 0 Å². The van der Waals surface area contributed by atoms with Crippen LogP contribution in [0.25, 0.3) is 0 Å². The minimum atomic E-state index is -1.12. The van der Waals surface area contributed by atoms with Gasteiger partial charge < -0.3 is 10.1 Å². The van der Waals surface area contributed by atoms with Gasteiger partial charge in [0.2, 0.25) is 0 Å². The van der Waals surface area contributed by atoms with Crippen molar-refractivity contribution >= 4 is 23.7 Å². The van der Waals surface area contributed by atoms with Crippen LogP contribution in [0.5, 0.6) is 0 Å². The van der Waals surface area contributed by atoms with Crippen LogP contribution in [-0.2, 0) is 20.7 Å². The third kappa shape index (κ3) is 4.82. The van der Waals surface area contributed by atoms with Gasteiger partial charge in [-0.05, 0) is 37.0 Å². The number of amides is 3. The van der Waals surface area contributed by atoms with Crippen LogP contribution in [0.2, 0.25) is 0 Å². The van der Waals surface area contributed by atoms with Crippen LogP contribution < -0.4 is 5.32 Å². The van der Waals surface area contributed by atoms with E-state index in [1.807, 2.05) is 30.3 Å². The van der Waals surface area contributed by atoms with Gasteiger partial charge in [0, 0.05) is 6.54 Å². The second-order valence-electron chi connectivity index (χ2n) is 7.82. The van der Waals surface area contributed by atoms with E-state index in [0.717, 1.165) is 10.5 Å². The molecule has 0 spiro atoms. The van der Waals surface area contributed by atoms with Crippen LogP contribution in [-0.4, -0.2) is 47.3 Å². The Morgan fingerprint density at radius 3 is 2.00 bits per heavy atom. The van der Waals surface area contributed by atoms with Crippen LogP contribution >= 0.6 is 0 Å². The second kappa shape index (κ2) is 9.55. The van der Waals surface area contributed by atoms with Crippen molar-refractivity contribution in [1.29, 1.82) is 0 Å². The van der Waals surface area contributed by atoms with E-state index in [0.29, 0.717) is 13.0 Å². The number of rotatable bonds is 8. The van der Waals surface area contributed by atoms with Crippen LogP contribution in [0.15, 0.2) is 54.6 Å². The first-order valence-corrected chi connectivity index (χ1v) is 10.3. The predicted molar refractivity (Wildman–Crippen MR) is 114 cm³/mol. The Kier molecular flexibility index (Phi) is 6.84. The quantitative estimate of drug-likeness (QED) is 0.521. The van der Waals surface area contributed by atoms with Crippen LogP contribution in [0.4, 0.5) is 0 Å². The zero-order valence-electron chi connectivity index (χ0n) is 17.8. The number of esters is 1. The highest BCUT2D eigenvalue weighted by Gasteiger charge is 2.45. The molecule has 0 aromatic heterocycles. The van der Waals surface area contributed by atoms with E-state index in [4.69, 9.17) is 4.74 Å². The number of nitrogens with zero attached hydrogens (tertiary/aromatic N) is 1. The summed E-state index contributed by atoms with van der Waals surface area (Å²) in [6, 6.07) is 15.0. The maximum Gasteiger partial charge on any atom is 0.330 e. The largest absolute Gasteiger partial charge is 0.451 e. The van der Waals surface area contributed by atoms with Gasteiger partial charge in [-0.15, -0.1) is 0 Å². The Balaban J connectivity index is 1.62. The first-order chi connectivity index (χ1) is 14.8. The SMILES string of the molecule is CC(C)[C@@H](C(=O)O[C@H](C)C(=O)NCCc1ccccc1)N1C(=O)c2ccccc2C1=O. The number of hydrogen-bond acceptors (Lipinski definition) is 5. The molecule has 3 amide bonds. The summed E-state index contributed by atoms with van der Waals surface area (Å²) in [6.07, 6.45) is -0.406. The normalized spacial score (nSPS) is 14.9. The van der Waals surface area contributed by atoms with Gasteiger partial charge >= 0.3 is 5.97 Å². The van der Waals surface area contributed by atoms with Gasteiger partial charge in [-0.3, -0.25) is 19.3 Å². The summed E-state index contributed by atoms with van der Waals surface area (Å²) in [5.41, 5.74) is 1.60. The lowest BCUT2D eigenvalue weighted by atomic mass is 10.0. The average Bonchev–Trinajstić information content (AvgIpc) is 3.00. The lowest BCUT2D eigenvalue weighted by Crippen LogP contribution is -2.50. The minimum Gasteiger partial charge on any atom is -0.451 e. The molecule has 1 heterocycles. The third-order valence-electron chi connectivity index (χ3n) is 5.19. The highest BCUT2D eigenvalue weighted by Crippen LogP contribution is 2.27. The van der Waals surface area contributed by atoms with Crippen molar-refractivity contribution in [2.75, 3.05) is 6.54 Å². The van der Waals surface area contributed by atoms with Gasteiger partial charge in [0.25, 0.3) is 17.7 Å². The Morgan fingerprint density at radius 1 is 0.903 bits per heavy atom. The van der Waals surface area contributed by atoms with Gasteiger partial charge in [-0.25, -0.2) is 4.79 Å². The molecule has 2 aromatic rings. The predicted octanol–water partition coefficient (Wildman–Crippen LogP) is 2.60. The minimum absolute atomic E-state index is 0.262. The summed E-state index contributed by atoms with van der Waals surface area (Å²) in [6.45, 7) is 5.31. The number of ether oxygens (including phenoxy) is 1. The molecule has 31 heavy (non-hydrogen) atoms. The van der Waals surface area contributed by atoms with Crippen molar-refractivity contribution in [1.82, 2.24) is 10.2 Å². The molecule has 0 radical (unpaired) electrons. The lowest BCUT2D eigenvalue weighted by molar-refractivity contribution is -0.159. The topological polar surface area (TPSA) is 92.8 Å². The van der Waals surface area contributed by atoms with Crippen molar-refractivity contribution < 1.29 is 23.9 Å². The second-order valence-corrected chi connectivity index (χ2v) is 7.82. The Bertz CT molecular complexity index is 951. The average molecular weight is 422 g/mol. The summed E-state index contributed by atoms with van der Waals surface area (Å²) < 4.78 is 5.35. The molecule has 7 nitrogen and oxygen atoms in total. The molecule has 0 fully saturated rings. The number of benzene rings is 2. The van der Waals surface area contributed by atoms with E-state index in [1.54, 1.807) is 38.1 Å². The number of carbonyl (C=O) groups excluding carboxylic acids is 4. The maximum atomic E-state index is 12.9. The number of imide groups is 1. The Hall–Kier alpha value is -3.48. The van der Waals surface area contributed by atoms with E-state index in [-0.39, 0.29) is 17.0 Å². The molecule has 3 rings (SSSR count). The van der Waals surface area contributed by atoms with Crippen molar-refractivity contribution in [3.05, 3.63) is 71.3 Å². The number of nitrogens with one attached hydrogen (secondary N) is 1. The first kappa shape index (κ1) is 22.2. The fraction of sp³-hybridized carbons (Fsp3) is 0.333. The van der Waals surface area contributed by atoms with E-state index in [2.05, 4.69) is 5.32 Å². The third-order valence-corrected chi connectivity index (χ3v) is 5.19. The lowest BCUT2D eigenvalue weighted by Gasteiger charge is -2.28. The molecule has 0 aliphatic carbocycles. The fourth-order valence-corrected chi connectivity index (χ4v) is 3.55. The van der Waals surface area contributed by atoms with Gasteiger partial charge in [-0.1, -0.05) is 56.3 Å². The summed E-state index contributed by atoms with van der Waals surface area (Å²) in [5.74, 6) is -2.67. The van der Waals surface area contributed by atoms with Crippen LogP contribution in [0.3, 0.4) is 0 Å². The highest BCUT2D eigenvalue weighted by atomic mass is 16.5. The zero-order chi connectivity index (χ0) is 22.5. The molecule has 7 heteroatoms.